The highest BCUT2D eigenvalue weighted by Gasteiger charge is 2.13. The van der Waals surface area contributed by atoms with Gasteiger partial charge in [0.15, 0.2) is 0 Å². The fourth-order valence-electron chi connectivity index (χ4n) is 1.15. The molecule has 0 atom stereocenters. The number of nitrogens with one attached hydrogen (secondary N) is 2. The van der Waals surface area contributed by atoms with Crippen molar-refractivity contribution in [1.29, 1.82) is 0 Å². The number of halogens is 2. The van der Waals surface area contributed by atoms with Crippen molar-refractivity contribution in [2.75, 3.05) is 5.43 Å². The van der Waals surface area contributed by atoms with E-state index in [1.54, 1.807) is 18.2 Å². The summed E-state index contributed by atoms with van der Waals surface area (Å²) >= 11 is 11.1. The summed E-state index contributed by atoms with van der Waals surface area (Å²) in [5.74, 6) is -0.107. The lowest BCUT2D eigenvalue weighted by molar-refractivity contribution is 0.587. The molecule has 0 amide bonds. The van der Waals surface area contributed by atoms with Crippen LogP contribution in [0, 0.1) is 0 Å². The second-order valence-electron chi connectivity index (χ2n) is 3.24. The summed E-state index contributed by atoms with van der Waals surface area (Å²) in [6, 6.07) is 7.79. The Morgan fingerprint density at radius 2 is 1.53 bits per heavy atom. The third kappa shape index (κ3) is 3.74. The van der Waals surface area contributed by atoms with E-state index < -0.39 is 10.0 Å². The first-order valence-corrected chi connectivity index (χ1v) is 7.11. The average Bonchev–Trinajstić information content (AvgIpc) is 2.37. The molecule has 0 radical (unpaired) electrons. The number of hydrazine groups is 1. The molecule has 0 fully saturated rings. The minimum absolute atomic E-state index is 0.0914. The summed E-state index contributed by atoms with van der Waals surface area (Å²) in [4.78, 5) is 13.0. The quantitative estimate of drug-likeness (QED) is 0.828. The first-order chi connectivity index (χ1) is 8.97. The van der Waals surface area contributed by atoms with Gasteiger partial charge in [-0.1, -0.05) is 18.2 Å². The van der Waals surface area contributed by atoms with Crippen LogP contribution in [0.5, 0.6) is 0 Å². The largest absolute Gasteiger partial charge is 0.276 e. The lowest BCUT2D eigenvalue weighted by Gasteiger charge is -2.07. The Hall–Kier alpha value is -1.48. The predicted octanol–water partition coefficient (Wildman–Crippen LogP) is 1.48. The number of aromatic nitrogens is 3. The summed E-state index contributed by atoms with van der Waals surface area (Å²) < 4.78 is 23.7. The predicted molar refractivity (Wildman–Crippen MR) is 70.2 cm³/mol. The zero-order chi connectivity index (χ0) is 13.9. The van der Waals surface area contributed by atoms with Crippen LogP contribution in [0.4, 0.5) is 5.95 Å². The maximum absolute atomic E-state index is 11.9. The van der Waals surface area contributed by atoms with Crippen LogP contribution in [-0.4, -0.2) is 23.4 Å². The van der Waals surface area contributed by atoms with E-state index in [0.29, 0.717) is 0 Å². The monoisotopic (exact) mass is 319 g/mol. The van der Waals surface area contributed by atoms with Gasteiger partial charge in [0, 0.05) is 0 Å². The third-order valence-corrected chi connectivity index (χ3v) is 3.53. The first-order valence-electron chi connectivity index (χ1n) is 4.87. The molecule has 0 bridgehead atoms. The number of anilines is 1. The number of hydrogen-bond donors (Lipinski definition) is 2. The van der Waals surface area contributed by atoms with Gasteiger partial charge in [0.1, 0.15) is 0 Å². The van der Waals surface area contributed by atoms with Gasteiger partial charge in [-0.3, -0.25) is 5.43 Å². The molecular weight excluding hydrogens is 313 g/mol. The van der Waals surface area contributed by atoms with Gasteiger partial charge in [-0.05, 0) is 35.3 Å². The van der Waals surface area contributed by atoms with Gasteiger partial charge in [0.05, 0.1) is 4.90 Å². The van der Waals surface area contributed by atoms with E-state index >= 15 is 0 Å². The van der Waals surface area contributed by atoms with Crippen molar-refractivity contribution in [1.82, 2.24) is 19.8 Å². The average molecular weight is 320 g/mol. The smallest absolute Gasteiger partial charge is 0.257 e. The Kier molecular flexibility index (Phi) is 4.15. The highest BCUT2D eigenvalue weighted by molar-refractivity contribution is 7.89. The maximum atomic E-state index is 11.9. The highest BCUT2D eigenvalue weighted by atomic mass is 35.5. The summed E-state index contributed by atoms with van der Waals surface area (Å²) in [6.45, 7) is 0. The van der Waals surface area contributed by atoms with Crippen molar-refractivity contribution in [2.45, 2.75) is 4.90 Å². The highest BCUT2D eigenvalue weighted by Crippen LogP contribution is 2.10. The fourth-order valence-corrected chi connectivity index (χ4v) is 2.38. The van der Waals surface area contributed by atoms with Gasteiger partial charge in [0.25, 0.3) is 10.0 Å². The zero-order valence-electron chi connectivity index (χ0n) is 9.21. The molecule has 0 aliphatic carbocycles. The molecule has 1 aromatic carbocycles. The molecule has 19 heavy (non-hydrogen) atoms. The number of hydrogen-bond acceptors (Lipinski definition) is 6. The third-order valence-electron chi connectivity index (χ3n) is 1.93. The van der Waals surface area contributed by atoms with Gasteiger partial charge < -0.3 is 0 Å². The first kappa shape index (κ1) is 13.9. The van der Waals surface area contributed by atoms with E-state index in [0.717, 1.165) is 0 Å². The van der Waals surface area contributed by atoms with Crippen molar-refractivity contribution >= 4 is 39.2 Å². The van der Waals surface area contributed by atoms with Crippen molar-refractivity contribution in [3.8, 4) is 0 Å². The minimum atomic E-state index is -3.73. The Balaban J connectivity index is 2.14. The summed E-state index contributed by atoms with van der Waals surface area (Å²) in [5, 5.41) is -0.303. The van der Waals surface area contributed by atoms with Crippen LogP contribution >= 0.6 is 23.2 Å². The molecule has 0 aliphatic heterocycles. The van der Waals surface area contributed by atoms with E-state index in [4.69, 9.17) is 23.2 Å². The molecule has 2 N–H and O–H groups in total. The number of rotatable bonds is 4. The van der Waals surface area contributed by atoms with Crippen LogP contribution in [0.1, 0.15) is 0 Å². The van der Waals surface area contributed by atoms with Crippen molar-refractivity contribution in [3.05, 3.63) is 40.9 Å². The van der Waals surface area contributed by atoms with Gasteiger partial charge in [0.2, 0.25) is 16.5 Å². The molecule has 1 heterocycles. The molecule has 0 saturated carbocycles. The zero-order valence-corrected chi connectivity index (χ0v) is 11.5. The Morgan fingerprint density at radius 3 is 2.11 bits per heavy atom. The van der Waals surface area contributed by atoms with Crippen LogP contribution in [0.15, 0.2) is 35.2 Å². The fraction of sp³-hybridized carbons (Fsp3) is 0. The van der Waals surface area contributed by atoms with Crippen LogP contribution < -0.4 is 10.3 Å². The molecule has 0 saturated heterocycles. The second-order valence-corrected chi connectivity index (χ2v) is 5.60. The van der Waals surface area contributed by atoms with E-state index in [1.165, 1.54) is 12.1 Å². The maximum Gasteiger partial charge on any atom is 0.257 e. The lowest BCUT2D eigenvalue weighted by Crippen LogP contribution is -2.30. The molecule has 0 unspecified atom stereocenters. The van der Waals surface area contributed by atoms with Gasteiger partial charge in [-0.25, -0.2) is 8.42 Å². The molecule has 0 spiro atoms. The molecule has 2 rings (SSSR count). The SMILES string of the molecule is O=S(=O)(NNc1nc(Cl)nc(Cl)n1)c1ccccc1. The lowest BCUT2D eigenvalue weighted by atomic mass is 10.4. The topological polar surface area (TPSA) is 96.9 Å². The molecule has 100 valence electrons. The molecule has 0 aliphatic rings. The van der Waals surface area contributed by atoms with E-state index in [2.05, 4.69) is 25.2 Å². The van der Waals surface area contributed by atoms with Crippen molar-refractivity contribution in [2.24, 2.45) is 0 Å². The van der Waals surface area contributed by atoms with E-state index in [-0.39, 0.29) is 21.4 Å². The van der Waals surface area contributed by atoms with Crippen LogP contribution in [0.3, 0.4) is 0 Å². The summed E-state index contributed by atoms with van der Waals surface area (Å²) in [5.41, 5.74) is 2.30. The van der Waals surface area contributed by atoms with Gasteiger partial charge in [-0.15, -0.1) is 4.83 Å². The van der Waals surface area contributed by atoms with Crippen LogP contribution in [0.2, 0.25) is 10.6 Å². The number of nitrogens with zero attached hydrogens (tertiary/aromatic N) is 3. The molecular formula is C9H7Cl2N5O2S. The Bertz CT molecular complexity index is 660. The molecule has 10 heteroatoms. The Morgan fingerprint density at radius 1 is 0.947 bits per heavy atom. The standard InChI is InChI=1S/C9H7Cl2N5O2S/c10-7-12-8(11)14-9(13-7)15-16-19(17,18)6-4-2-1-3-5-6/h1-5,16H,(H,12,13,14,15). The van der Waals surface area contributed by atoms with Crippen LogP contribution in [-0.2, 0) is 10.0 Å². The summed E-state index contributed by atoms with van der Waals surface area (Å²) in [7, 11) is -3.73. The van der Waals surface area contributed by atoms with Crippen molar-refractivity contribution in [3.63, 3.8) is 0 Å². The summed E-state index contributed by atoms with van der Waals surface area (Å²) in [6.07, 6.45) is 0. The number of sulfonamides is 1. The molecule has 1 aromatic heterocycles. The Labute approximate surface area is 119 Å². The van der Waals surface area contributed by atoms with Gasteiger partial charge in [-0.2, -0.15) is 15.0 Å². The van der Waals surface area contributed by atoms with E-state index in [1.807, 2.05) is 0 Å². The molecule has 7 nitrogen and oxygen atoms in total. The van der Waals surface area contributed by atoms with Crippen LogP contribution in [0.25, 0.3) is 0 Å². The van der Waals surface area contributed by atoms with E-state index in [9.17, 15) is 8.42 Å². The number of benzene rings is 1. The molecule has 2 aromatic rings. The van der Waals surface area contributed by atoms with Crippen molar-refractivity contribution < 1.29 is 8.42 Å². The van der Waals surface area contributed by atoms with Gasteiger partial charge >= 0.3 is 0 Å². The second kappa shape index (κ2) is 5.66. The normalized spacial score (nSPS) is 11.3. The minimum Gasteiger partial charge on any atom is -0.276 e.